The molecular weight excluding hydrogens is 298 g/mol. The van der Waals surface area contributed by atoms with E-state index in [-0.39, 0.29) is 17.2 Å². The van der Waals surface area contributed by atoms with E-state index in [2.05, 4.69) is 4.72 Å². The van der Waals surface area contributed by atoms with Gasteiger partial charge in [-0.05, 0) is 44.0 Å². The molecule has 2 rings (SSSR count). The summed E-state index contributed by atoms with van der Waals surface area (Å²) in [4.78, 5) is 11.4. The van der Waals surface area contributed by atoms with Crippen LogP contribution in [0.1, 0.15) is 34.0 Å². The van der Waals surface area contributed by atoms with Gasteiger partial charge in [0.1, 0.15) is 0 Å². The summed E-state index contributed by atoms with van der Waals surface area (Å²) in [6.07, 6.45) is 0. The summed E-state index contributed by atoms with van der Waals surface area (Å²) < 4.78 is 27.2. The third-order valence-electron chi connectivity index (χ3n) is 3.53. The second kappa shape index (κ2) is 6.42. The zero-order valence-electron chi connectivity index (χ0n) is 12.9. The molecule has 0 aliphatic heterocycles. The minimum atomic E-state index is -3.59. The van der Waals surface area contributed by atoms with E-state index in [0.717, 1.165) is 16.7 Å². The second-order valence-corrected chi connectivity index (χ2v) is 7.10. The quantitative estimate of drug-likeness (QED) is 0.862. The number of aryl methyl sites for hydroxylation is 2. The molecule has 0 aliphatic carbocycles. The molecule has 2 aromatic carbocycles. The molecule has 0 amide bonds. The number of benzene rings is 2. The Labute approximate surface area is 131 Å². The van der Waals surface area contributed by atoms with Gasteiger partial charge in [-0.15, -0.1) is 0 Å². The van der Waals surface area contributed by atoms with E-state index >= 15 is 0 Å². The highest BCUT2D eigenvalue weighted by molar-refractivity contribution is 7.89. The van der Waals surface area contributed by atoms with Crippen molar-refractivity contribution >= 4 is 15.8 Å². The van der Waals surface area contributed by atoms with E-state index < -0.39 is 10.0 Å². The van der Waals surface area contributed by atoms with Gasteiger partial charge < -0.3 is 0 Å². The Morgan fingerprint density at radius 3 is 2.27 bits per heavy atom. The molecule has 0 fully saturated rings. The van der Waals surface area contributed by atoms with Crippen molar-refractivity contribution in [3.8, 4) is 0 Å². The summed E-state index contributed by atoms with van der Waals surface area (Å²) in [5.41, 5.74) is 3.57. The van der Waals surface area contributed by atoms with Gasteiger partial charge in [0.15, 0.2) is 5.78 Å². The lowest BCUT2D eigenvalue weighted by molar-refractivity contribution is 0.101. The summed E-state index contributed by atoms with van der Waals surface area (Å²) in [5, 5.41) is 0. The van der Waals surface area contributed by atoms with Crippen molar-refractivity contribution in [2.75, 3.05) is 0 Å². The number of carbonyl (C=O) groups excluding carboxylic acids is 1. The largest absolute Gasteiger partial charge is 0.295 e. The number of rotatable bonds is 5. The molecule has 116 valence electrons. The van der Waals surface area contributed by atoms with Crippen LogP contribution in [-0.4, -0.2) is 14.2 Å². The lowest BCUT2D eigenvalue weighted by atomic mass is 10.1. The number of hydrogen-bond acceptors (Lipinski definition) is 3. The zero-order chi connectivity index (χ0) is 16.3. The van der Waals surface area contributed by atoms with Crippen molar-refractivity contribution < 1.29 is 13.2 Å². The standard InChI is InChI=1S/C17H19NO3S/c1-12-4-5-13(2)16(10-12)11-18-22(20,21)17-8-6-15(7-9-17)14(3)19/h4-10,18H,11H2,1-3H3. The van der Waals surface area contributed by atoms with Gasteiger partial charge in [0.2, 0.25) is 10.0 Å². The summed E-state index contributed by atoms with van der Waals surface area (Å²) in [7, 11) is -3.59. The first-order valence-corrected chi connectivity index (χ1v) is 8.45. The molecule has 0 spiro atoms. The highest BCUT2D eigenvalue weighted by Crippen LogP contribution is 2.14. The fraction of sp³-hybridized carbons (Fsp3) is 0.235. The normalized spacial score (nSPS) is 11.4. The maximum atomic E-state index is 12.3. The summed E-state index contributed by atoms with van der Waals surface area (Å²) in [6.45, 7) is 5.61. The van der Waals surface area contributed by atoms with Gasteiger partial charge in [-0.2, -0.15) is 0 Å². The molecule has 0 heterocycles. The van der Waals surface area contributed by atoms with Gasteiger partial charge in [0.05, 0.1) is 4.90 Å². The molecule has 4 nitrogen and oxygen atoms in total. The Kier molecular flexibility index (Phi) is 4.78. The van der Waals surface area contributed by atoms with Crippen LogP contribution >= 0.6 is 0 Å². The molecule has 0 radical (unpaired) electrons. The summed E-state index contributed by atoms with van der Waals surface area (Å²) in [6, 6.07) is 11.9. The first-order valence-electron chi connectivity index (χ1n) is 6.96. The Balaban J connectivity index is 2.17. The molecule has 0 saturated heterocycles. The average Bonchev–Trinajstić information content (AvgIpc) is 2.48. The lowest BCUT2D eigenvalue weighted by Gasteiger charge is -2.10. The summed E-state index contributed by atoms with van der Waals surface area (Å²) in [5.74, 6) is -0.0905. The van der Waals surface area contributed by atoms with Crippen molar-refractivity contribution in [3.63, 3.8) is 0 Å². The predicted molar refractivity (Wildman–Crippen MR) is 86.4 cm³/mol. The molecule has 22 heavy (non-hydrogen) atoms. The second-order valence-electron chi connectivity index (χ2n) is 5.34. The minimum Gasteiger partial charge on any atom is -0.295 e. The van der Waals surface area contributed by atoms with Gasteiger partial charge in [-0.3, -0.25) is 4.79 Å². The SMILES string of the molecule is CC(=O)c1ccc(S(=O)(=O)NCc2cc(C)ccc2C)cc1. The Morgan fingerprint density at radius 1 is 1.05 bits per heavy atom. The molecule has 1 N–H and O–H groups in total. The van der Waals surface area contributed by atoms with Crippen LogP contribution < -0.4 is 4.72 Å². The van der Waals surface area contributed by atoms with Gasteiger partial charge >= 0.3 is 0 Å². The van der Waals surface area contributed by atoms with E-state index in [0.29, 0.717) is 5.56 Å². The number of nitrogens with one attached hydrogen (secondary N) is 1. The molecule has 5 heteroatoms. The third-order valence-corrected chi connectivity index (χ3v) is 4.95. The topological polar surface area (TPSA) is 63.2 Å². The zero-order valence-corrected chi connectivity index (χ0v) is 13.7. The van der Waals surface area contributed by atoms with E-state index in [1.54, 1.807) is 0 Å². The van der Waals surface area contributed by atoms with E-state index in [9.17, 15) is 13.2 Å². The highest BCUT2D eigenvalue weighted by atomic mass is 32.2. The van der Waals surface area contributed by atoms with Gasteiger partial charge in [0.25, 0.3) is 0 Å². The monoisotopic (exact) mass is 317 g/mol. The smallest absolute Gasteiger partial charge is 0.240 e. The molecule has 0 aliphatic rings. The van der Waals surface area contributed by atoms with Crippen molar-refractivity contribution in [3.05, 3.63) is 64.7 Å². The van der Waals surface area contributed by atoms with Crippen molar-refractivity contribution in [2.24, 2.45) is 0 Å². The van der Waals surface area contributed by atoms with Crippen LogP contribution in [0.2, 0.25) is 0 Å². The third kappa shape index (κ3) is 3.81. The van der Waals surface area contributed by atoms with Gasteiger partial charge in [-0.1, -0.05) is 35.9 Å². The van der Waals surface area contributed by atoms with Crippen molar-refractivity contribution in [2.45, 2.75) is 32.2 Å². The predicted octanol–water partition coefficient (Wildman–Crippen LogP) is 2.98. The van der Waals surface area contributed by atoms with Crippen LogP contribution in [0.5, 0.6) is 0 Å². The van der Waals surface area contributed by atoms with Crippen LogP contribution in [0.4, 0.5) is 0 Å². The van der Waals surface area contributed by atoms with Crippen LogP contribution in [0.25, 0.3) is 0 Å². The molecule has 0 saturated carbocycles. The van der Waals surface area contributed by atoms with Crippen LogP contribution in [0, 0.1) is 13.8 Å². The molecule has 0 bridgehead atoms. The Bertz CT molecular complexity index is 793. The van der Waals surface area contributed by atoms with Gasteiger partial charge in [0, 0.05) is 12.1 Å². The van der Waals surface area contributed by atoms with Crippen LogP contribution in [0.15, 0.2) is 47.4 Å². The van der Waals surface area contributed by atoms with E-state index in [1.165, 1.54) is 31.2 Å². The fourth-order valence-corrected chi connectivity index (χ4v) is 3.12. The number of sulfonamides is 1. The Hall–Kier alpha value is -1.98. The van der Waals surface area contributed by atoms with Crippen LogP contribution in [0.3, 0.4) is 0 Å². The van der Waals surface area contributed by atoms with Crippen LogP contribution in [-0.2, 0) is 16.6 Å². The highest BCUT2D eigenvalue weighted by Gasteiger charge is 2.14. The summed E-state index contributed by atoms with van der Waals surface area (Å²) >= 11 is 0. The van der Waals surface area contributed by atoms with E-state index in [1.807, 2.05) is 32.0 Å². The van der Waals surface area contributed by atoms with Gasteiger partial charge in [-0.25, -0.2) is 13.1 Å². The fourth-order valence-electron chi connectivity index (χ4n) is 2.12. The molecule has 0 aromatic heterocycles. The molecule has 0 unspecified atom stereocenters. The van der Waals surface area contributed by atoms with Crippen molar-refractivity contribution in [1.29, 1.82) is 0 Å². The molecular formula is C17H19NO3S. The minimum absolute atomic E-state index is 0.0905. The number of ketones is 1. The number of hydrogen-bond donors (Lipinski definition) is 1. The Morgan fingerprint density at radius 2 is 1.68 bits per heavy atom. The first-order chi connectivity index (χ1) is 10.3. The van der Waals surface area contributed by atoms with Crippen molar-refractivity contribution in [1.82, 2.24) is 4.72 Å². The maximum absolute atomic E-state index is 12.3. The lowest BCUT2D eigenvalue weighted by Crippen LogP contribution is -2.23. The first kappa shape index (κ1) is 16.4. The van der Waals surface area contributed by atoms with E-state index in [4.69, 9.17) is 0 Å². The number of carbonyl (C=O) groups is 1. The maximum Gasteiger partial charge on any atom is 0.240 e. The molecule has 0 atom stereocenters. The molecule has 2 aromatic rings. The average molecular weight is 317 g/mol. The number of Topliss-reactive ketones (excluding diaryl/α,β-unsaturated/α-hetero) is 1.